The Balaban J connectivity index is 1.36. The number of fused-ring (bicyclic) bond motifs is 7. The van der Waals surface area contributed by atoms with Gasteiger partial charge in [-0.05, 0) is 71.6 Å². The zero-order chi connectivity index (χ0) is 34.9. The average molecular weight is 674 g/mol. The van der Waals surface area contributed by atoms with Gasteiger partial charge in [0.05, 0.1) is 40.3 Å². The van der Waals surface area contributed by atoms with Gasteiger partial charge in [0.2, 0.25) is 13.4 Å². The summed E-state index contributed by atoms with van der Waals surface area (Å²) in [7, 11) is 0. The molecule has 0 saturated heterocycles. The van der Waals surface area contributed by atoms with Crippen molar-refractivity contribution in [2.24, 2.45) is 0 Å². The van der Waals surface area contributed by atoms with Crippen molar-refractivity contribution in [1.82, 2.24) is 4.98 Å². The van der Waals surface area contributed by atoms with E-state index in [0.29, 0.717) is 0 Å². The highest BCUT2D eigenvalue weighted by atomic mass is 15.3. The molecule has 0 aliphatic carbocycles. The normalized spacial score (nSPS) is 13.5. The maximum atomic E-state index is 4.70. The van der Waals surface area contributed by atoms with Gasteiger partial charge in [0.25, 0.3) is 0 Å². The van der Waals surface area contributed by atoms with Crippen LogP contribution in [0.15, 0.2) is 194 Å². The smallest absolute Gasteiger partial charge is 0.245 e. The summed E-state index contributed by atoms with van der Waals surface area (Å²) >= 11 is 0. The summed E-state index contributed by atoms with van der Waals surface area (Å²) in [5, 5.41) is 0. The summed E-state index contributed by atoms with van der Waals surface area (Å²) in [5.74, 6) is 0. The molecule has 6 heteroatoms. The molecule has 4 nitrogen and oxygen atoms in total. The lowest BCUT2D eigenvalue weighted by Gasteiger charge is -2.48. The molecule has 3 aliphatic rings. The predicted molar refractivity (Wildman–Crippen MR) is 224 cm³/mol. The molecule has 0 amide bonds. The number of hydrogen-bond donors (Lipinski definition) is 0. The van der Waals surface area contributed by atoms with Crippen LogP contribution in [0.5, 0.6) is 0 Å². The lowest BCUT2D eigenvalue weighted by molar-refractivity contribution is 1.15. The SMILES string of the molecule is c1ccc(B2c3ccccc3B3c4ccccc4N(c4cccnc4)c4c3c2cc2c4N(c3ccccc3)c3ccccc3N2c2ccccc2)cc1. The monoisotopic (exact) mass is 674 g/mol. The van der Waals surface area contributed by atoms with E-state index in [1.807, 2.05) is 12.4 Å². The van der Waals surface area contributed by atoms with Crippen molar-refractivity contribution in [3.8, 4) is 0 Å². The fraction of sp³-hybridized carbons (Fsp3) is 0. The van der Waals surface area contributed by atoms with Crippen LogP contribution in [0.25, 0.3) is 0 Å². The lowest BCUT2D eigenvalue weighted by atomic mass is 9.20. The molecule has 8 aromatic rings. The molecule has 53 heavy (non-hydrogen) atoms. The zero-order valence-electron chi connectivity index (χ0n) is 28.9. The number of hydrogen-bond acceptors (Lipinski definition) is 4. The van der Waals surface area contributed by atoms with Crippen LogP contribution >= 0.6 is 0 Å². The van der Waals surface area contributed by atoms with E-state index < -0.39 is 0 Å². The van der Waals surface area contributed by atoms with Crippen LogP contribution in [0.4, 0.5) is 51.2 Å². The molecule has 11 rings (SSSR count). The van der Waals surface area contributed by atoms with Gasteiger partial charge in [-0.3, -0.25) is 4.98 Å². The number of aromatic nitrogens is 1. The van der Waals surface area contributed by atoms with Crippen molar-refractivity contribution in [2.45, 2.75) is 0 Å². The maximum Gasteiger partial charge on any atom is 0.245 e. The van der Waals surface area contributed by atoms with Gasteiger partial charge in [-0.25, -0.2) is 0 Å². The van der Waals surface area contributed by atoms with Crippen LogP contribution in [0.1, 0.15) is 0 Å². The van der Waals surface area contributed by atoms with Crippen LogP contribution in [0.3, 0.4) is 0 Å². The molecule has 0 N–H and O–H groups in total. The Bertz CT molecular complexity index is 2640. The van der Waals surface area contributed by atoms with Gasteiger partial charge in [0.15, 0.2) is 0 Å². The molecule has 0 atom stereocenters. The zero-order valence-corrected chi connectivity index (χ0v) is 28.9. The molecule has 0 spiro atoms. The molecule has 0 bridgehead atoms. The minimum absolute atomic E-state index is 0.0312. The van der Waals surface area contributed by atoms with E-state index in [4.69, 9.17) is 4.98 Å². The van der Waals surface area contributed by atoms with Crippen LogP contribution in [-0.2, 0) is 0 Å². The van der Waals surface area contributed by atoms with Crippen LogP contribution in [0.2, 0.25) is 0 Å². The van der Waals surface area contributed by atoms with E-state index in [1.54, 1.807) is 0 Å². The Labute approximate surface area is 310 Å². The highest BCUT2D eigenvalue weighted by molar-refractivity contribution is 7.12. The van der Waals surface area contributed by atoms with Gasteiger partial charge in [0.1, 0.15) is 0 Å². The summed E-state index contributed by atoms with van der Waals surface area (Å²) in [5.41, 5.74) is 18.1. The van der Waals surface area contributed by atoms with Crippen LogP contribution in [-0.4, -0.2) is 18.4 Å². The number of anilines is 9. The summed E-state index contributed by atoms with van der Waals surface area (Å²) in [6.45, 7) is 0.0641. The second kappa shape index (κ2) is 11.9. The van der Waals surface area contributed by atoms with Gasteiger partial charge in [-0.2, -0.15) is 0 Å². The molecule has 1 aromatic heterocycles. The number of para-hydroxylation sites is 5. The van der Waals surface area contributed by atoms with Gasteiger partial charge in [-0.15, -0.1) is 0 Å². The topological polar surface area (TPSA) is 22.6 Å². The van der Waals surface area contributed by atoms with E-state index in [-0.39, 0.29) is 13.4 Å². The van der Waals surface area contributed by atoms with Gasteiger partial charge in [-0.1, -0.05) is 143 Å². The van der Waals surface area contributed by atoms with Crippen molar-refractivity contribution in [2.75, 3.05) is 14.7 Å². The van der Waals surface area contributed by atoms with Gasteiger partial charge >= 0.3 is 0 Å². The van der Waals surface area contributed by atoms with E-state index >= 15 is 0 Å². The third kappa shape index (κ3) is 4.42. The Hall–Kier alpha value is -6.78. The summed E-state index contributed by atoms with van der Waals surface area (Å²) < 4.78 is 0. The fourth-order valence-electron chi connectivity index (χ4n) is 9.13. The third-order valence-electron chi connectivity index (χ3n) is 11.1. The first-order chi connectivity index (χ1) is 26.4. The predicted octanol–water partition coefficient (Wildman–Crippen LogP) is 7.46. The number of pyridine rings is 1. The standard InChI is InChI=1S/C47H32B2N4/c1-4-17-33(18-5-1)48-37-24-10-11-25-38(37)49-39-26-12-13-27-41(39)53(36-23-16-30-50-32-36)47-45(49)40(48)31-44-46(47)52(35-21-8-3-9-22-35)43-29-15-14-28-42(43)51(44)34-19-6-2-7-20-34/h1-32H. The number of nitrogens with zero attached hydrogens (tertiary/aromatic N) is 4. The maximum absolute atomic E-state index is 4.70. The lowest BCUT2D eigenvalue weighted by Crippen LogP contribution is -2.76. The highest BCUT2D eigenvalue weighted by Gasteiger charge is 2.48. The molecule has 246 valence electrons. The summed E-state index contributed by atoms with van der Waals surface area (Å²) in [6, 6.07) is 66.5. The van der Waals surface area contributed by atoms with Crippen molar-refractivity contribution in [3.05, 3.63) is 194 Å². The Kier molecular flexibility index (Phi) is 6.71. The quantitative estimate of drug-likeness (QED) is 0.181. The van der Waals surface area contributed by atoms with E-state index in [0.717, 1.165) is 39.8 Å². The Morgan fingerprint density at radius 3 is 1.53 bits per heavy atom. The minimum atomic E-state index is 0.0312. The Morgan fingerprint density at radius 2 is 0.868 bits per heavy atom. The first-order valence-corrected chi connectivity index (χ1v) is 18.3. The Morgan fingerprint density at radius 1 is 0.358 bits per heavy atom. The second-order valence-corrected chi connectivity index (χ2v) is 13.9. The molecule has 0 radical (unpaired) electrons. The first kappa shape index (κ1) is 29.9. The molecule has 3 aliphatic heterocycles. The van der Waals surface area contributed by atoms with Gasteiger partial charge in [0, 0.05) is 23.3 Å². The second-order valence-electron chi connectivity index (χ2n) is 13.9. The van der Waals surface area contributed by atoms with Crippen LogP contribution < -0.4 is 47.5 Å². The van der Waals surface area contributed by atoms with Crippen molar-refractivity contribution < 1.29 is 0 Å². The van der Waals surface area contributed by atoms with Crippen molar-refractivity contribution in [1.29, 1.82) is 0 Å². The highest BCUT2D eigenvalue weighted by Crippen LogP contribution is 2.58. The molecular weight excluding hydrogens is 642 g/mol. The van der Waals surface area contributed by atoms with Crippen molar-refractivity contribution >= 4 is 97.4 Å². The summed E-state index contributed by atoms with van der Waals surface area (Å²) in [6.07, 6.45) is 3.87. The summed E-state index contributed by atoms with van der Waals surface area (Å²) in [4.78, 5) is 12.2. The number of rotatable bonds is 4. The molecular formula is C47H32B2N4. The van der Waals surface area contributed by atoms with Crippen molar-refractivity contribution in [3.63, 3.8) is 0 Å². The first-order valence-electron chi connectivity index (χ1n) is 18.3. The molecule has 0 fully saturated rings. The van der Waals surface area contributed by atoms with E-state index in [9.17, 15) is 0 Å². The van der Waals surface area contributed by atoms with E-state index in [1.165, 1.54) is 44.2 Å². The fourth-order valence-corrected chi connectivity index (χ4v) is 9.13. The third-order valence-corrected chi connectivity index (χ3v) is 11.1. The molecule has 7 aromatic carbocycles. The van der Waals surface area contributed by atoms with Gasteiger partial charge < -0.3 is 14.7 Å². The average Bonchev–Trinajstić information content (AvgIpc) is 3.24. The van der Waals surface area contributed by atoms with Crippen LogP contribution in [0, 0.1) is 0 Å². The largest absolute Gasteiger partial charge is 0.308 e. The molecule has 0 unspecified atom stereocenters. The molecule has 0 saturated carbocycles. The number of benzene rings is 7. The minimum Gasteiger partial charge on any atom is -0.308 e. The van der Waals surface area contributed by atoms with E-state index in [2.05, 4.69) is 197 Å². The molecule has 4 heterocycles.